The Morgan fingerprint density at radius 1 is 0.759 bits per heavy atom. The summed E-state index contributed by atoms with van der Waals surface area (Å²) in [6.45, 7) is 7.68. The first-order valence-corrected chi connectivity index (χ1v) is 9.96. The van der Waals surface area contributed by atoms with E-state index in [0.29, 0.717) is 11.1 Å². The Balaban J connectivity index is 2.05. The fourth-order valence-electron chi connectivity index (χ4n) is 4.72. The second kappa shape index (κ2) is 6.76. The molecule has 0 bridgehead atoms. The molecular weight excluding hydrogens is 369 g/mol. The molecule has 0 saturated carbocycles. The largest absolute Gasteiger partial charge is 0.402 e. The van der Waals surface area contributed by atoms with Gasteiger partial charge in [-0.25, -0.2) is 0 Å². The van der Waals surface area contributed by atoms with Crippen LogP contribution in [0.15, 0.2) is 60.7 Å². The summed E-state index contributed by atoms with van der Waals surface area (Å²) >= 11 is 0. The van der Waals surface area contributed by atoms with Crippen molar-refractivity contribution >= 4 is 0 Å². The Morgan fingerprint density at radius 3 is 2.00 bits per heavy atom. The van der Waals surface area contributed by atoms with Crippen molar-refractivity contribution in [3.05, 3.63) is 105 Å². The second-order valence-corrected chi connectivity index (χ2v) is 8.39. The smallest absolute Gasteiger partial charge is 0.170 e. The van der Waals surface area contributed by atoms with Crippen LogP contribution in [0.1, 0.15) is 56.8 Å². The van der Waals surface area contributed by atoms with Gasteiger partial charge in [-0.2, -0.15) is 13.2 Å². The van der Waals surface area contributed by atoms with E-state index in [1.165, 1.54) is 0 Å². The molecule has 0 radical (unpaired) electrons. The number of hydrogen-bond acceptors (Lipinski definition) is 0. The Morgan fingerprint density at radius 2 is 1.38 bits per heavy atom. The first kappa shape index (κ1) is 19.8. The van der Waals surface area contributed by atoms with Crippen molar-refractivity contribution in [2.24, 2.45) is 0 Å². The zero-order valence-electron chi connectivity index (χ0n) is 17.2. The Kier molecular flexibility index (Phi) is 4.60. The molecule has 150 valence electrons. The minimum Gasteiger partial charge on any atom is -0.170 e. The van der Waals surface area contributed by atoms with Crippen molar-refractivity contribution in [2.75, 3.05) is 0 Å². The lowest BCUT2D eigenvalue weighted by Gasteiger charge is -2.34. The van der Waals surface area contributed by atoms with E-state index < -0.39 is 11.6 Å². The van der Waals surface area contributed by atoms with Crippen LogP contribution in [0.2, 0.25) is 0 Å². The molecule has 0 spiro atoms. The predicted octanol–water partition coefficient (Wildman–Crippen LogP) is 7.30. The quantitative estimate of drug-likeness (QED) is 0.428. The average molecular weight is 394 g/mol. The van der Waals surface area contributed by atoms with Gasteiger partial charge in [-0.05, 0) is 78.6 Å². The number of halogens is 3. The van der Waals surface area contributed by atoms with E-state index in [-0.39, 0.29) is 12.3 Å². The van der Waals surface area contributed by atoms with Gasteiger partial charge in [-0.15, -0.1) is 0 Å². The van der Waals surface area contributed by atoms with Crippen LogP contribution in [0.25, 0.3) is 0 Å². The van der Waals surface area contributed by atoms with E-state index in [2.05, 4.69) is 0 Å². The van der Waals surface area contributed by atoms with Crippen molar-refractivity contribution in [1.29, 1.82) is 0 Å². The maximum absolute atomic E-state index is 14.9. The van der Waals surface area contributed by atoms with Gasteiger partial charge in [0.15, 0.2) is 0 Å². The van der Waals surface area contributed by atoms with Crippen molar-refractivity contribution in [3.8, 4) is 0 Å². The fraction of sp³-hybridized carbons (Fsp3) is 0.308. The summed E-state index contributed by atoms with van der Waals surface area (Å²) in [5.74, 6) is -0.284. The topological polar surface area (TPSA) is 0 Å². The van der Waals surface area contributed by atoms with Gasteiger partial charge in [-0.1, -0.05) is 60.7 Å². The van der Waals surface area contributed by atoms with Gasteiger partial charge < -0.3 is 0 Å². The summed E-state index contributed by atoms with van der Waals surface area (Å²) in [5.41, 5.74) is 4.31. The van der Waals surface area contributed by atoms with E-state index in [0.717, 1.165) is 33.4 Å². The molecule has 4 rings (SSSR count). The van der Waals surface area contributed by atoms with Gasteiger partial charge in [-0.3, -0.25) is 0 Å². The lowest BCUT2D eigenvalue weighted by molar-refractivity contribution is -0.178. The molecular formula is C26H25F3. The third kappa shape index (κ3) is 2.99. The highest BCUT2D eigenvalue weighted by atomic mass is 19.4. The maximum atomic E-state index is 14.9. The molecule has 0 heterocycles. The van der Waals surface area contributed by atoms with Crippen LogP contribution in [-0.4, -0.2) is 6.18 Å². The molecule has 0 amide bonds. The molecule has 1 aliphatic rings. The Bertz CT molecular complexity index is 1060. The van der Waals surface area contributed by atoms with Crippen molar-refractivity contribution < 1.29 is 13.2 Å². The number of hydrogen-bond donors (Lipinski definition) is 0. The van der Waals surface area contributed by atoms with Crippen molar-refractivity contribution in [3.63, 3.8) is 0 Å². The predicted molar refractivity (Wildman–Crippen MR) is 112 cm³/mol. The lowest BCUT2D eigenvalue weighted by Crippen LogP contribution is -2.42. The van der Waals surface area contributed by atoms with E-state index in [1.54, 1.807) is 18.2 Å². The summed E-state index contributed by atoms with van der Waals surface area (Å²) in [6, 6.07) is 18.5. The molecule has 1 aliphatic carbocycles. The molecule has 0 unspecified atom stereocenters. The van der Waals surface area contributed by atoms with Crippen LogP contribution in [0.3, 0.4) is 0 Å². The third-order valence-electron chi connectivity index (χ3n) is 6.70. The first-order valence-electron chi connectivity index (χ1n) is 9.96. The number of benzene rings is 3. The standard InChI is InChI=1S/C26H25F3/c1-16-10-11-21(12-17(16)2)25(26(27,28)29)15-23(20-8-6-5-7-9-20)22-13-18(3)19(4)14-24(22)25/h5-14,23H,15H2,1-4H3/t23-,25+/m1/s1. The molecule has 3 heteroatoms. The Hall–Kier alpha value is -2.55. The van der Waals surface area contributed by atoms with Crippen LogP contribution in [0.4, 0.5) is 13.2 Å². The second-order valence-electron chi connectivity index (χ2n) is 8.39. The number of fused-ring (bicyclic) bond motifs is 1. The van der Waals surface area contributed by atoms with Crippen LogP contribution in [0.5, 0.6) is 0 Å². The fourth-order valence-corrected chi connectivity index (χ4v) is 4.72. The van der Waals surface area contributed by atoms with Crippen molar-refractivity contribution in [2.45, 2.75) is 51.6 Å². The summed E-state index contributed by atoms with van der Waals surface area (Å²) in [7, 11) is 0. The van der Waals surface area contributed by atoms with Gasteiger partial charge in [0, 0.05) is 5.92 Å². The Labute approximate surface area is 170 Å². The van der Waals surface area contributed by atoms with Gasteiger partial charge in [0.2, 0.25) is 0 Å². The number of rotatable bonds is 2. The van der Waals surface area contributed by atoms with Gasteiger partial charge >= 0.3 is 6.18 Å². The average Bonchev–Trinajstić information content (AvgIpc) is 3.00. The molecule has 0 aliphatic heterocycles. The van der Waals surface area contributed by atoms with Crippen LogP contribution >= 0.6 is 0 Å². The normalized spacial score (nSPS) is 21.3. The zero-order chi connectivity index (χ0) is 21.0. The van der Waals surface area contributed by atoms with Crippen LogP contribution in [0, 0.1) is 27.7 Å². The van der Waals surface area contributed by atoms with E-state index in [4.69, 9.17) is 0 Å². The minimum absolute atomic E-state index is 0.00123. The molecule has 3 aromatic rings. The molecule has 0 saturated heterocycles. The highest BCUT2D eigenvalue weighted by Crippen LogP contribution is 2.60. The van der Waals surface area contributed by atoms with Gasteiger partial charge in [0.1, 0.15) is 5.41 Å². The number of aryl methyl sites for hydroxylation is 4. The first-order chi connectivity index (χ1) is 13.6. The molecule has 3 aromatic carbocycles. The summed E-state index contributed by atoms with van der Waals surface area (Å²) in [5, 5.41) is 0. The lowest BCUT2D eigenvalue weighted by atomic mass is 9.73. The molecule has 0 nitrogen and oxygen atoms in total. The highest BCUT2D eigenvalue weighted by Gasteiger charge is 2.62. The van der Waals surface area contributed by atoms with Crippen LogP contribution in [-0.2, 0) is 5.41 Å². The summed E-state index contributed by atoms with van der Waals surface area (Å²) in [6.07, 6.45) is -4.39. The van der Waals surface area contributed by atoms with E-state index in [9.17, 15) is 13.2 Å². The SMILES string of the molecule is Cc1ccc([C@@]2(C(F)(F)F)C[C@H](c3ccccc3)c3cc(C)c(C)cc32)cc1C. The van der Waals surface area contributed by atoms with Crippen LogP contribution < -0.4 is 0 Å². The molecule has 2 atom stereocenters. The third-order valence-corrected chi connectivity index (χ3v) is 6.70. The van der Waals surface area contributed by atoms with E-state index in [1.807, 2.05) is 70.2 Å². The summed E-state index contributed by atoms with van der Waals surface area (Å²) in [4.78, 5) is 0. The zero-order valence-corrected chi connectivity index (χ0v) is 17.2. The molecule has 0 aromatic heterocycles. The molecule has 29 heavy (non-hydrogen) atoms. The van der Waals surface area contributed by atoms with Gasteiger partial charge in [0.05, 0.1) is 0 Å². The highest BCUT2D eigenvalue weighted by molar-refractivity contribution is 5.58. The monoisotopic (exact) mass is 394 g/mol. The molecule has 0 fully saturated rings. The molecule has 0 N–H and O–H groups in total. The summed E-state index contributed by atoms with van der Waals surface area (Å²) < 4.78 is 44.8. The maximum Gasteiger partial charge on any atom is 0.402 e. The number of alkyl halides is 3. The van der Waals surface area contributed by atoms with E-state index >= 15 is 0 Å². The minimum atomic E-state index is -4.39. The van der Waals surface area contributed by atoms with Gasteiger partial charge in [0.25, 0.3) is 0 Å². The van der Waals surface area contributed by atoms with Crippen molar-refractivity contribution in [1.82, 2.24) is 0 Å².